The van der Waals surface area contributed by atoms with Crippen LogP contribution in [0.25, 0.3) is 10.6 Å². The van der Waals surface area contributed by atoms with Crippen molar-refractivity contribution in [2.24, 2.45) is 0 Å². The number of nitrogens with zero attached hydrogens (tertiary/aromatic N) is 1. The maximum atomic E-state index is 12.9. The molecule has 0 aliphatic carbocycles. The molecule has 3 rings (SSSR count). The third kappa shape index (κ3) is 4.39. The lowest BCUT2D eigenvalue weighted by molar-refractivity contribution is -0.121. The minimum atomic E-state index is -2.99. The first kappa shape index (κ1) is 17.0. The number of hydrogen-bond acceptors (Lipinski definition) is 5. The summed E-state index contributed by atoms with van der Waals surface area (Å²) in [6, 6.07) is 5.85. The Bertz CT molecular complexity index is 831. The van der Waals surface area contributed by atoms with E-state index >= 15 is 0 Å². The van der Waals surface area contributed by atoms with Crippen molar-refractivity contribution in [2.75, 3.05) is 11.5 Å². The molecule has 0 bridgehead atoms. The van der Waals surface area contributed by atoms with E-state index in [9.17, 15) is 17.6 Å². The third-order valence-corrected chi connectivity index (χ3v) is 6.56. The molecule has 1 atom stereocenters. The predicted molar refractivity (Wildman–Crippen MR) is 91.0 cm³/mol. The second kappa shape index (κ2) is 6.98. The van der Waals surface area contributed by atoms with Crippen LogP contribution in [-0.4, -0.2) is 36.9 Å². The van der Waals surface area contributed by atoms with Crippen molar-refractivity contribution in [3.63, 3.8) is 0 Å². The minimum absolute atomic E-state index is 0.0319. The molecule has 128 valence electrons. The number of amides is 1. The zero-order valence-electron chi connectivity index (χ0n) is 12.9. The molecule has 1 saturated heterocycles. The maximum Gasteiger partial charge on any atom is 0.220 e. The Morgan fingerprint density at radius 3 is 2.75 bits per heavy atom. The molecule has 1 N–H and O–H groups in total. The van der Waals surface area contributed by atoms with Gasteiger partial charge in [-0.15, -0.1) is 11.3 Å². The summed E-state index contributed by atoms with van der Waals surface area (Å²) in [5.74, 6) is -0.274. The summed E-state index contributed by atoms with van der Waals surface area (Å²) in [7, 11) is -2.99. The molecule has 2 aromatic rings. The van der Waals surface area contributed by atoms with Gasteiger partial charge in [-0.2, -0.15) is 0 Å². The SMILES string of the molecule is O=C(CCc1csc(-c2ccc(F)cc2)n1)NC1CCS(=O)(=O)C1. The average molecular weight is 368 g/mol. The third-order valence-electron chi connectivity index (χ3n) is 3.85. The Kier molecular flexibility index (Phi) is 4.96. The number of benzene rings is 1. The number of aromatic nitrogens is 1. The zero-order chi connectivity index (χ0) is 17.2. The van der Waals surface area contributed by atoms with E-state index in [0.29, 0.717) is 12.8 Å². The van der Waals surface area contributed by atoms with Crippen LogP contribution in [0, 0.1) is 5.82 Å². The van der Waals surface area contributed by atoms with Crippen molar-refractivity contribution in [1.29, 1.82) is 0 Å². The highest BCUT2D eigenvalue weighted by Gasteiger charge is 2.28. The minimum Gasteiger partial charge on any atom is -0.352 e. The van der Waals surface area contributed by atoms with Crippen molar-refractivity contribution < 1.29 is 17.6 Å². The van der Waals surface area contributed by atoms with E-state index < -0.39 is 9.84 Å². The Morgan fingerprint density at radius 2 is 2.08 bits per heavy atom. The molecule has 2 heterocycles. The molecule has 1 aliphatic heterocycles. The Balaban J connectivity index is 1.52. The number of rotatable bonds is 5. The summed E-state index contributed by atoms with van der Waals surface area (Å²) in [5.41, 5.74) is 1.64. The normalized spacial score (nSPS) is 19.3. The quantitative estimate of drug-likeness (QED) is 0.878. The lowest BCUT2D eigenvalue weighted by atomic mass is 10.2. The standard InChI is InChI=1S/C16H17FN2O3S2/c17-12-3-1-11(2-4-12)16-19-13(9-23-16)5-6-15(20)18-14-7-8-24(21,22)10-14/h1-4,9,14H,5-8,10H2,(H,18,20). The highest BCUT2D eigenvalue weighted by atomic mass is 32.2. The van der Waals surface area contributed by atoms with Crippen LogP contribution in [0.15, 0.2) is 29.6 Å². The van der Waals surface area contributed by atoms with Gasteiger partial charge in [0.15, 0.2) is 9.84 Å². The molecule has 0 spiro atoms. The van der Waals surface area contributed by atoms with Crippen LogP contribution >= 0.6 is 11.3 Å². The van der Waals surface area contributed by atoms with Gasteiger partial charge in [-0.05, 0) is 37.1 Å². The second-order valence-electron chi connectivity index (χ2n) is 5.82. The predicted octanol–water partition coefficient (Wildman–Crippen LogP) is 2.19. The van der Waals surface area contributed by atoms with Gasteiger partial charge in [0.1, 0.15) is 10.8 Å². The number of carbonyl (C=O) groups is 1. The van der Waals surface area contributed by atoms with Crippen LogP contribution in [0.4, 0.5) is 4.39 Å². The highest BCUT2D eigenvalue weighted by molar-refractivity contribution is 7.91. The summed E-state index contributed by atoms with van der Waals surface area (Å²) in [4.78, 5) is 16.4. The number of hydrogen-bond donors (Lipinski definition) is 1. The van der Waals surface area contributed by atoms with E-state index in [4.69, 9.17) is 0 Å². The molecule has 8 heteroatoms. The van der Waals surface area contributed by atoms with Gasteiger partial charge in [0.2, 0.25) is 5.91 Å². The maximum absolute atomic E-state index is 12.9. The molecular weight excluding hydrogens is 351 g/mol. The topological polar surface area (TPSA) is 76.1 Å². The van der Waals surface area contributed by atoms with Gasteiger partial charge in [-0.1, -0.05) is 0 Å². The smallest absolute Gasteiger partial charge is 0.220 e. The van der Waals surface area contributed by atoms with Crippen LogP contribution < -0.4 is 5.32 Å². The molecule has 24 heavy (non-hydrogen) atoms. The molecule has 1 aromatic heterocycles. The van der Waals surface area contributed by atoms with Crippen molar-refractivity contribution in [1.82, 2.24) is 10.3 Å². The lowest BCUT2D eigenvalue weighted by Gasteiger charge is -2.09. The fourth-order valence-corrected chi connectivity index (χ4v) is 5.13. The Labute approximate surface area is 143 Å². The zero-order valence-corrected chi connectivity index (χ0v) is 14.5. The molecule has 5 nitrogen and oxygen atoms in total. The largest absolute Gasteiger partial charge is 0.352 e. The second-order valence-corrected chi connectivity index (χ2v) is 8.91. The van der Waals surface area contributed by atoms with Crippen molar-refractivity contribution >= 4 is 27.1 Å². The number of halogens is 1. The van der Waals surface area contributed by atoms with Crippen molar-refractivity contribution in [2.45, 2.75) is 25.3 Å². The summed E-state index contributed by atoms with van der Waals surface area (Å²) in [6.45, 7) is 0. The van der Waals surface area contributed by atoms with Crippen molar-refractivity contribution in [3.05, 3.63) is 41.2 Å². The van der Waals surface area contributed by atoms with Crippen LogP contribution in [0.2, 0.25) is 0 Å². The van der Waals surface area contributed by atoms with Gasteiger partial charge in [0, 0.05) is 23.4 Å². The Morgan fingerprint density at radius 1 is 1.33 bits per heavy atom. The van der Waals surface area contributed by atoms with Crippen LogP contribution in [0.1, 0.15) is 18.5 Å². The van der Waals surface area contributed by atoms with Gasteiger partial charge in [0.25, 0.3) is 0 Å². The Hall–Kier alpha value is -1.80. The van der Waals surface area contributed by atoms with Gasteiger partial charge >= 0.3 is 0 Å². The molecule has 0 saturated carbocycles. The summed E-state index contributed by atoms with van der Waals surface area (Å²) in [5, 5.41) is 5.43. The van der Waals surface area contributed by atoms with Crippen LogP contribution in [0.5, 0.6) is 0 Å². The number of aryl methyl sites for hydroxylation is 1. The summed E-state index contributed by atoms with van der Waals surface area (Å²) in [6.07, 6.45) is 1.24. The highest BCUT2D eigenvalue weighted by Crippen LogP contribution is 2.24. The van der Waals surface area contributed by atoms with Gasteiger partial charge < -0.3 is 5.32 Å². The molecular formula is C16H17FN2O3S2. The van der Waals surface area contributed by atoms with Crippen LogP contribution in [-0.2, 0) is 21.1 Å². The molecule has 1 aliphatic rings. The van der Waals surface area contributed by atoms with E-state index in [-0.39, 0.29) is 35.7 Å². The number of thiazole rings is 1. The summed E-state index contributed by atoms with van der Waals surface area (Å²) >= 11 is 1.45. The molecule has 1 amide bonds. The summed E-state index contributed by atoms with van der Waals surface area (Å²) < 4.78 is 35.7. The molecule has 1 unspecified atom stereocenters. The fourth-order valence-electron chi connectivity index (χ4n) is 2.60. The number of nitrogens with one attached hydrogen (secondary N) is 1. The molecule has 0 radical (unpaired) electrons. The van der Waals surface area contributed by atoms with E-state index in [1.165, 1.54) is 23.5 Å². The number of carbonyl (C=O) groups excluding carboxylic acids is 1. The van der Waals surface area contributed by atoms with Gasteiger partial charge in [-0.25, -0.2) is 17.8 Å². The van der Waals surface area contributed by atoms with Crippen molar-refractivity contribution in [3.8, 4) is 10.6 Å². The van der Waals surface area contributed by atoms with Gasteiger partial charge in [0.05, 0.1) is 17.2 Å². The first-order valence-electron chi connectivity index (χ1n) is 7.61. The van der Waals surface area contributed by atoms with E-state index in [2.05, 4.69) is 10.3 Å². The van der Waals surface area contributed by atoms with E-state index in [1.54, 1.807) is 12.1 Å². The van der Waals surface area contributed by atoms with Crippen LogP contribution in [0.3, 0.4) is 0 Å². The fraction of sp³-hybridized carbons (Fsp3) is 0.375. The number of sulfone groups is 1. The lowest BCUT2D eigenvalue weighted by Crippen LogP contribution is -2.35. The molecule has 1 fully saturated rings. The van der Waals surface area contributed by atoms with E-state index in [1.807, 2.05) is 5.38 Å². The molecule has 1 aromatic carbocycles. The first-order valence-corrected chi connectivity index (χ1v) is 10.3. The average Bonchev–Trinajstić information content (AvgIpc) is 3.12. The monoisotopic (exact) mass is 368 g/mol. The first-order chi connectivity index (χ1) is 11.4. The van der Waals surface area contributed by atoms with E-state index in [0.717, 1.165) is 16.3 Å². The van der Waals surface area contributed by atoms with Gasteiger partial charge in [-0.3, -0.25) is 4.79 Å².